The highest BCUT2D eigenvalue weighted by Gasteiger charge is 2.20. The van der Waals surface area contributed by atoms with Crippen LogP contribution in [-0.2, 0) is 11.2 Å². The molecule has 0 radical (unpaired) electrons. The summed E-state index contributed by atoms with van der Waals surface area (Å²) in [5, 5.41) is 0. The Morgan fingerprint density at radius 1 is 1.37 bits per heavy atom. The second-order valence-electron chi connectivity index (χ2n) is 5.44. The molecule has 1 aromatic carbocycles. The molecule has 0 aliphatic carbocycles. The van der Waals surface area contributed by atoms with Crippen molar-refractivity contribution in [1.29, 1.82) is 0 Å². The van der Waals surface area contributed by atoms with E-state index in [0.29, 0.717) is 6.10 Å². The van der Waals surface area contributed by atoms with Crippen molar-refractivity contribution < 1.29 is 4.74 Å². The van der Waals surface area contributed by atoms with Crippen LogP contribution in [0, 0.1) is 0 Å². The highest BCUT2D eigenvalue weighted by molar-refractivity contribution is 5.14. The van der Waals surface area contributed by atoms with Crippen LogP contribution in [0.2, 0.25) is 0 Å². The fourth-order valence-electron chi connectivity index (χ4n) is 2.61. The van der Waals surface area contributed by atoms with E-state index in [9.17, 15) is 0 Å². The van der Waals surface area contributed by atoms with Gasteiger partial charge in [0.25, 0.3) is 0 Å². The van der Waals surface area contributed by atoms with E-state index in [1.54, 1.807) is 0 Å². The monoisotopic (exact) mass is 262 g/mol. The van der Waals surface area contributed by atoms with Crippen molar-refractivity contribution >= 4 is 0 Å². The number of nitrogens with zero attached hydrogens (tertiary/aromatic N) is 1. The van der Waals surface area contributed by atoms with Crippen LogP contribution in [0.15, 0.2) is 30.3 Å². The van der Waals surface area contributed by atoms with Gasteiger partial charge in [0.2, 0.25) is 0 Å². The fraction of sp³-hybridized carbons (Fsp3) is 0.625. The van der Waals surface area contributed by atoms with E-state index in [4.69, 9.17) is 10.5 Å². The Labute approximate surface area is 116 Å². The minimum absolute atomic E-state index is 0.260. The molecule has 106 valence electrons. The SMILES string of the molecule is CCC1CN(CC(N)CCc2ccccc2)CCO1. The number of morpholine rings is 1. The topological polar surface area (TPSA) is 38.5 Å². The van der Waals surface area contributed by atoms with Crippen LogP contribution in [0.4, 0.5) is 0 Å². The maximum Gasteiger partial charge on any atom is 0.0700 e. The van der Waals surface area contributed by atoms with Crippen LogP contribution in [-0.4, -0.2) is 43.3 Å². The predicted octanol–water partition coefficient (Wildman–Crippen LogP) is 2.06. The lowest BCUT2D eigenvalue weighted by atomic mass is 10.1. The Balaban J connectivity index is 1.70. The van der Waals surface area contributed by atoms with Crippen LogP contribution in [0.25, 0.3) is 0 Å². The Kier molecular flexibility index (Phi) is 5.83. The molecule has 0 aromatic heterocycles. The molecule has 2 unspecified atom stereocenters. The summed E-state index contributed by atoms with van der Waals surface area (Å²) < 4.78 is 5.69. The molecule has 3 nitrogen and oxygen atoms in total. The van der Waals surface area contributed by atoms with Crippen molar-refractivity contribution in [2.24, 2.45) is 5.73 Å². The van der Waals surface area contributed by atoms with E-state index in [2.05, 4.69) is 42.2 Å². The molecule has 1 aliphatic rings. The molecule has 1 aromatic rings. The molecule has 0 bridgehead atoms. The first-order chi connectivity index (χ1) is 9.28. The van der Waals surface area contributed by atoms with Gasteiger partial charge >= 0.3 is 0 Å². The van der Waals surface area contributed by atoms with Crippen LogP contribution in [0.5, 0.6) is 0 Å². The van der Waals surface area contributed by atoms with Gasteiger partial charge in [-0.3, -0.25) is 4.90 Å². The number of hydrogen-bond acceptors (Lipinski definition) is 3. The minimum Gasteiger partial charge on any atom is -0.376 e. The zero-order chi connectivity index (χ0) is 13.5. The molecule has 1 saturated heterocycles. The number of rotatable bonds is 6. The van der Waals surface area contributed by atoms with Crippen molar-refractivity contribution in [1.82, 2.24) is 4.90 Å². The normalized spacial score (nSPS) is 22.3. The summed E-state index contributed by atoms with van der Waals surface area (Å²) in [7, 11) is 0. The summed E-state index contributed by atoms with van der Waals surface area (Å²) in [5.74, 6) is 0. The van der Waals surface area contributed by atoms with Crippen molar-refractivity contribution in [3.05, 3.63) is 35.9 Å². The second kappa shape index (κ2) is 7.63. The summed E-state index contributed by atoms with van der Waals surface area (Å²) in [6.07, 6.45) is 3.62. The summed E-state index contributed by atoms with van der Waals surface area (Å²) >= 11 is 0. The Hall–Kier alpha value is -0.900. The van der Waals surface area contributed by atoms with E-state index in [-0.39, 0.29) is 6.04 Å². The van der Waals surface area contributed by atoms with Gasteiger partial charge in [0, 0.05) is 25.7 Å². The summed E-state index contributed by atoms with van der Waals surface area (Å²) in [4.78, 5) is 2.45. The van der Waals surface area contributed by atoms with Crippen molar-refractivity contribution in [2.75, 3.05) is 26.2 Å². The number of ether oxygens (including phenoxy) is 1. The molecule has 1 heterocycles. The smallest absolute Gasteiger partial charge is 0.0700 e. The number of hydrogen-bond donors (Lipinski definition) is 1. The molecule has 19 heavy (non-hydrogen) atoms. The fourth-order valence-corrected chi connectivity index (χ4v) is 2.61. The zero-order valence-electron chi connectivity index (χ0n) is 11.9. The Bertz CT molecular complexity index is 355. The lowest BCUT2D eigenvalue weighted by Gasteiger charge is -2.34. The first kappa shape index (κ1) is 14.5. The third kappa shape index (κ3) is 4.94. The highest BCUT2D eigenvalue weighted by Crippen LogP contribution is 2.10. The molecule has 0 saturated carbocycles. The maximum absolute atomic E-state index is 6.26. The first-order valence-electron chi connectivity index (χ1n) is 7.41. The van der Waals surface area contributed by atoms with Crippen LogP contribution in [0.3, 0.4) is 0 Å². The van der Waals surface area contributed by atoms with Gasteiger partial charge in [-0.1, -0.05) is 37.3 Å². The summed E-state index contributed by atoms with van der Waals surface area (Å²) in [5.41, 5.74) is 7.64. The van der Waals surface area contributed by atoms with E-state index in [0.717, 1.165) is 45.5 Å². The molecule has 0 spiro atoms. The lowest BCUT2D eigenvalue weighted by Crippen LogP contribution is -2.47. The molecular formula is C16H26N2O. The highest BCUT2D eigenvalue weighted by atomic mass is 16.5. The molecule has 1 fully saturated rings. The Morgan fingerprint density at radius 3 is 2.89 bits per heavy atom. The maximum atomic E-state index is 6.26. The average Bonchev–Trinajstić information content (AvgIpc) is 2.46. The van der Waals surface area contributed by atoms with Gasteiger partial charge in [-0.25, -0.2) is 0 Å². The molecule has 3 heteroatoms. The van der Waals surface area contributed by atoms with Crippen LogP contribution in [0.1, 0.15) is 25.3 Å². The predicted molar refractivity (Wildman–Crippen MR) is 79.2 cm³/mol. The number of aryl methyl sites for hydroxylation is 1. The molecular weight excluding hydrogens is 236 g/mol. The third-order valence-corrected chi connectivity index (χ3v) is 3.82. The van der Waals surface area contributed by atoms with Gasteiger partial charge in [0.05, 0.1) is 12.7 Å². The van der Waals surface area contributed by atoms with E-state index in [1.165, 1.54) is 5.56 Å². The van der Waals surface area contributed by atoms with Crippen molar-refractivity contribution in [2.45, 2.75) is 38.3 Å². The van der Waals surface area contributed by atoms with Gasteiger partial charge in [-0.2, -0.15) is 0 Å². The van der Waals surface area contributed by atoms with E-state index in [1.807, 2.05) is 0 Å². The van der Waals surface area contributed by atoms with Crippen molar-refractivity contribution in [3.63, 3.8) is 0 Å². The molecule has 2 N–H and O–H groups in total. The van der Waals surface area contributed by atoms with E-state index >= 15 is 0 Å². The molecule has 0 amide bonds. The largest absolute Gasteiger partial charge is 0.376 e. The third-order valence-electron chi connectivity index (χ3n) is 3.82. The van der Waals surface area contributed by atoms with Gasteiger partial charge < -0.3 is 10.5 Å². The zero-order valence-corrected chi connectivity index (χ0v) is 11.9. The average molecular weight is 262 g/mol. The second-order valence-corrected chi connectivity index (χ2v) is 5.44. The van der Waals surface area contributed by atoms with Gasteiger partial charge in [-0.05, 0) is 24.8 Å². The first-order valence-corrected chi connectivity index (χ1v) is 7.41. The molecule has 2 atom stereocenters. The van der Waals surface area contributed by atoms with Crippen molar-refractivity contribution in [3.8, 4) is 0 Å². The quantitative estimate of drug-likeness (QED) is 0.853. The lowest BCUT2D eigenvalue weighted by molar-refractivity contribution is -0.0312. The number of benzene rings is 1. The molecule has 1 aliphatic heterocycles. The Morgan fingerprint density at radius 2 is 2.16 bits per heavy atom. The number of nitrogens with two attached hydrogens (primary N) is 1. The van der Waals surface area contributed by atoms with E-state index < -0.39 is 0 Å². The van der Waals surface area contributed by atoms with Crippen LogP contribution < -0.4 is 5.73 Å². The summed E-state index contributed by atoms with van der Waals surface area (Å²) in [6, 6.07) is 10.9. The van der Waals surface area contributed by atoms with Crippen LogP contribution >= 0.6 is 0 Å². The summed E-state index contributed by atoms with van der Waals surface area (Å²) in [6.45, 7) is 6.09. The van der Waals surface area contributed by atoms with Gasteiger partial charge in [0.1, 0.15) is 0 Å². The van der Waals surface area contributed by atoms with Gasteiger partial charge in [-0.15, -0.1) is 0 Å². The minimum atomic E-state index is 0.260. The standard InChI is InChI=1S/C16H26N2O/c1-2-16-13-18(10-11-19-16)12-15(17)9-8-14-6-4-3-5-7-14/h3-7,15-16H,2,8-13,17H2,1H3. The molecule has 2 rings (SSSR count). The van der Waals surface area contributed by atoms with Gasteiger partial charge in [0.15, 0.2) is 0 Å².